The summed E-state index contributed by atoms with van der Waals surface area (Å²) in [6.07, 6.45) is 6.03. The van der Waals surface area contributed by atoms with Crippen LogP contribution in [-0.4, -0.2) is 46.3 Å². The highest BCUT2D eigenvalue weighted by molar-refractivity contribution is 7.99. The molecule has 0 radical (unpaired) electrons. The average Bonchev–Trinajstić information content (AvgIpc) is 2.54. The van der Waals surface area contributed by atoms with Crippen LogP contribution in [0.1, 0.15) is 38.5 Å². The van der Waals surface area contributed by atoms with Crippen molar-refractivity contribution >= 4 is 36.4 Å². The van der Waals surface area contributed by atoms with Crippen LogP contribution in [0.2, 0.25) is 0 Å². The van der Waals surface area contributed by atoms with Crippen molar-refractivity contribution in [2.45, 2.75) is 62.0 Å². The van der Waals surface area contributed by atoms with Crippen LogP contribution in [0.4, 0.5) is 0 Å². The fourth-order valence-electron chi connectivity index (χ4n) is 3.24. The molecule has 2 aliphatic rings. The van der Waals surface area contributed by atoms with E-state index in [-0.39, 0.29) is 36.4 Å². The predicted molar refractivity (Wildman–Crippen MR) is 83.8 cm³/mol. The molecule has 2 rings (SSSR count). The molecular weight excluding hydrogens is 298 g/mol. The van der Waals surface area contributed by atoms with E-state index in [0.717, 1.165) is 44.1 Å². The van der Waals surface area contributed by atoms with E-state index in [1.54, 1.807) is 0 Å². The highest BCUT2D eigenvalue weighted by Gasteiger charge is 2.41. The minimum absolute atomic E-state index is 0. The van der Waals surface area contributed by atoms with Gasteiger partial charge in [0.05, 0.1) is 11.4 Å². The first-order valence-corrected chi connectivity index (χ1v) is 8.07. The van der Waals surface area contributed by atoms with Gasteiger partial charge in [-0.05, 0) is 37.9 Å². The Bertz CT molecular complexity index is 346. The first-order valence-electron chi connectivity index (χ1n) is 7.02. The van der Waals surface area contributed by atoms with E-state index in [4.69, 9.17) is 11.5 Å². The smallest absolute Gasteiger partial charge is 0.234 e. The van der Waals surface area contributed by atoms with Gasteiger partial charge in [0, 0.05) is 18.5 Å². The number of carbonyl (C=O) groups is 2. The van der Waals surface area contributed by atoms with Crippen molar-refractivity contribution in [2.75, 3.05) is 5.75 Å². The number of fused-ring (bicyclic) bond motifs is 1. The summed E-state index contributed by atoms with van der Waals surface area (Å²) >= 11 is 1.88. The Morgan fingerprint density at radius 2 is 2.10 bits per heavy atom. The lowest BCUT2D eigenvalue weighted by molar-refractivity contribution is -0.126. The number of aldehydes is 1. The van der Waals surface area contributed by atoms with E-state index in [0.29, 0.717) is 11.8 Å². The van der Waals surface area contributed by atoms with Gasteiger partial charge in [0.1, 0.15) is 6.29 Å². The number of nitrogens with two attached hydrogens (primary N) is 2. The largest absolute Gasteiger partial charge is 0.368 e. The maximum atomic E-state index is 11.7. The molecule has 1 amide bonds. The summed E-state index contributed by atoms with van der Waals surface area (Å²) in [7, 11) is 0. The van der Waals surface area contributed by atoms with Gasteiger partial charge in [-0.3, -0.25) is 9.69 Å². The number of thioether (sulfide) groups is 1. The van der Waals surface area contributed by atoms with Crippen LogP contribution in [0.25, 0.3) is 0 Å². The molecule has 116 valence electrons. The minimum atomic E-state index is -0.254. The lowest BCUT2D eigenvalue weighted by Gasteiger charge is -2.45. The van der Waals surface area contributed by atoms with Crippen LogP contribution >= 0.6 is 24.2 Å². The summed E-state index contributed by atoms with van der Waals surface area (Å²) in [5, 5.41) is 0.330. The van der Waals surface area contributed by atoms with Crippen LogP contribution < -0.4 is 11.5 Å². The van der Waals surface area contributed by atoms with Gasteiger partial charge in [-0.1, -0.05) is 0 Å². The number of amides is 1. The van der Waals surface area contributed by atoms with E-state index >= 15 is 0 Å². The Kier molecular flexibility index (Phi) is 7.29. The summed E-state index contributed by atoms with van der Waals surface area (Å²) < 4.78 is 0. The van der Waals surface area contributed by atoms with Crippen molar-refractivity contribution in [3.8, 4) is 0 Å². The summed E-state index contributed by atoms with van der Waals surface area (Å²) in [6, 6.07) is -0.0903. The average molecular weight is 322 g/mol. The Morgan fingerprint density at radius 3 is 2.75 bits per heavy atom. The van der Waals surface area contributed by atoms with Crippen molar-refractivity contribution in [1.29, 1.82) is 0 Å². The van der Waals surface area contributed by atoms with Gasteiger partial charge in [-0.15, -0.1) is 24.2 Å². The lowest BCUT2D eigenvalue weighted by atomic mass is 9.93. The molecule has 4 N–H and O–H groups in total. The van der Waals surface area contributed by atoms with Crippen LogP contribution in [0, 0.1) is 0 Å². The first kappa shape index (κ1) is 17.8. The Morgan fingerprint density at radius 1 is 1.35 bits per heavy atom. The molecule has 20 heavy (non-hydrogen) atoms. The van der Waals surface area contributed by atoms with Crippen molar-refractivity contribution in [3.63, 3.8) is 0 Å². The number of hydrogen-bond donors (Lipinski definition) is 2. The van der Waals surface area contributed by atoms with Gasteiger partial charge in [0.2, 0.25) is 5.91 Å². The third-order valence-electron chi connectivity index (χ3n) is 4.17. The SMILES string of the molecule is Cl.NC(=O)C1CCCC2SCCC(N)C(CCC=O)N21. The van der Waals surface area contributed by atoms with E-state index in [9.17, 15) is 9.59 Å². The summed E-state index contributed by atoms with van der Waals surface area (Å²) in [4.78, 5) is 24.6. The maximum absolute atomic E-state index is 11.7. The molecule has 0 bridgehead atoms. The Hall–Kier alpha value is -0.300. The normalized spacial score (nSPS) is 34.5. The molecule has 0 aromatic carbocycles. The maximum Gasteiger partial charge on any atom is 0.234 e. The van der Waals surface area contributed by atoms with Crippen LogP contribution in [0.5, 0.6) is 0 Å². The monoisotopic (exact) mass is 321 g/mol. The summed E-state index contributed by atoms with van der Waals surface area (Å²) in [5.41, 5.74) is 11.8. The zero-order chi connectivity index (χ0) is 13.8. The first-order chi connectivity index (χ1) is 9.15. The lowest BCUT2D eigenvalue weighted by Crippen LogP contribution is -2.59. The third kappa shape index (κ3) is 3.87. The molecule has 2 saturated heterocycles. The van der Waals surface area contributed by atoms with Gasteiger partial charge in [0.25, 0.3) is 0 Å². The van der Waals surface area contributed by atoms with Crippen LogP contribution in [0.3, 0.4) is 0 Å². The number of rotatable bonds is 4. The number of carbonyl (C=O) groups excluding carboxylic acids is 2. The fourth-order valence-corrected chi connectivity index (χ4v) is 4.73. The molecule has 0 spiro atoms. The second-order valence-corrected chi connectivity index (χ2v) is 6.67. The van der Waals surface area contributed by atoms with Gasteiger partial charge < -0.3 is 16.3 Å². The van der Waals surface area contributed by atoms with Crippen LogP contribution in [-0.2, 0) is 9.59 Å². The van der Waals surface area contributed by atoms with E-state index in [1.165, 1.54) is 0 Å². The fraction of sp³-hybridized carbons (Fsp3) is 0.846. The van der Waals surface area contributed by atoms with Crippen LogP contribution in [0.15, 0.2) is 0 Å². The van der Waals surface area contributed by atoms with Gasteiger partial charge in [-0.2, -0.15) is 0 Å². The van der Waals surface area contributed by atoms with E-state index in [2.05, 4.69) is 4.90 Å². The molecule has 0 saturated carbocycles. The number of nitrogens with zero attached hydrogens (tertiary/aromatic N) is 1. The summed E-state index contributed by atoms with van der Waals surface area (Å²) in [6.45, 7) is 0. The number of halogens is 1. The highest BCUT2D eigenvalue weighted by atomic mass is 35.5. The molecule has 2 aliphatic heterocycles. The quantitative estimate of drug-likeness (QED) is 0.750. The summed E-state index contributed by atoms with van der Waals surface area (Å²) in [5.74, 6) is 0.765. The predicted octanol–water partition coefficient (Wildman–Crippen LogP) is 0.886. The van der Waals surface area contributed by atoms with Crippen molar-refractivity contribution < 1.29 is 9.59 Å². The molecule has 0 aromatic heterocycles. The molecule has 4 atom stereocenters. The van der Waals surface area contributed by atoms with Crippen molar-refractivity contribution in [1.82, 2.24) is 4.90 Å². The second-order valence-electron chi connectivity index (χ2n) is 5.39. The minimum Gasteiger partial charge on any atom is -0.368 e. The number of hydrogen-bond acceptors (Lipinski definition) is 5. The van der Waals surface area contributed by atoms with E-state index in [1.807, 2.05) is 11.8 Å². The Labute approximate surface area is 130 Å². The Balaban J connectivity index is 0.00000200. The topological polar surface area (TPSA) is 89.4 Å². The molecule has 2 heterocycles. The molecule has 0 aliphatic carbocycles. The third-order valence-corrected chi connectivity index (χ3v) is 5.50. The molecule has 7 heteroatoms. The van der Waals surface area contributed by atoms with Gasteiger partial charge in [0.15, 0.2) is 0 Å². The standard InChI is InChI=1S/C13H23N3O2S.ClH/c14-9-6-8-19-12-5-1-3-11(13(15)18)16(12)10(9)4-2-7-17;/h7,9-12H,1-6,8,14H2,(H2,15,18);1H. The molecular formula is C13H24ClN3O2S. The second kappa shape index (κ2) is 8.22. The molecule has 0 aromatic rings. The number of primary amides is 1. The molecule has 2 fully saturated rings. The van der Waals surface area contributed by atoms with Crippen molar-refractivity contribution in [3.05, 3.63) is 0 Å². The van der Waals surface area contributed by atoms with Crippen molar-refractivity contribution in [2.24, 2.45) is 11.5 Å². The molecule has 4 unspecified atom stereocenters. The zero-order valence-electron chi connectivity index (χ0n) is 11.6. The zero-order valence-corrected chi connectivity index (χ0v) is 13.2. The highest BCUT2D eigenvalue weighted by Crippen LogP contribution is 2.37. The van der Waals surface area contributed by atoms with Gasteiger partial charge in [-0.25, -0.2) is 0 Å². The van der Waals surface area contributed by atoms with Gasteiger partial charge >= 0.3 is 0 Å². The molecule has 5 nitrogen and oxygen atoms in total. The number of piperidine rings is 1. The van der Waals surface area contributed by atoms with E-state index < -0.39 is 0 Å².